The van der Waals surface area contributed by atoms with Gasteiger partial charge in [-0.2, -0.15) is 0 Å². The number of hydrogen-bond acceptors (Lipinski definition) is 2. The summed E-state index contributed by atoms with van der Waals surface area (Å²) in [6, 6.07) is 4.24. The molecule has 0 aromatic carbocycles. The maximum absolute atomic E-state index is 6.06. The molecule has 0 bridgehead atoms. The topological polar surface area (TPSA) is 12.0 Å². The van der Waals surface area contributed by atoms with Gasteiger partial charge in [0.2, 0.25) is 0 Å². The van der Waals surface area contributed by atoms with Crippen molar-refractivity contribution >= 4 is 22.9 Å². The zero-order chi connectivity index (χ0) is 12.5. The van der Waals surface area contributed by atoms with Crippen molar-refractivity contribution in [2.75, 3.05) is 13.1 Å². The zero-order valence-corrected chi connectivity index (χ0v) is 11.7. The molecule has 17 heavy (non-hydrogen) atoms. The van der Waals surface area contributed by atoms with Gasteiger partial charge in [-0.3, -0.25) is 0 Å². The second-order valence-electron chi connectivity index (χ2n) is 3.58. The van der Waals surface area contributed by atoms with Crippen molar-refractivity contribution in [3.63, 3.8) is 0 Å². The lowest BCUT2D eigenvalue weighted by Crippen LogP contribution is -2.19. The van der Waals surface area contributed by atoms with Crippen LogP contribution in [0.25, 0.3) is 0 Å². The van der Waals surface area contributed by atoms with Gasteiger partial charge in [0.25, 0.3) is 0 Å². The maximum atomic E-state index is 6.06. The van der Waals surface area contributed by atoms with Crippen LogP contribution in [0.4, 0.5) is 0 Å². The summed E-state index contributed by atoms with van der Waals surface area (Å²) in [5.74, 6) is 0. The first-order chi connectivity index (χ1) is 8.27. The first kappa shape index (κ1) is 14.2. The van der Waals surface area contributed by atoms with E-state index in [-0.39, 0.29) is 0 Å². The van der Waals surface area contributed by atoms with Gasteiger partial charge in [0.15, 0.2) is 0 Å². The van der Waals surface area contributed by atoms with Crippen molar-refractivity contribution in [1.29, 1.82) is 0 Å². The normalized spacial score (nSPS) is 12.8. The number of thiophene rings is 1. The molecule has 3 heteroatoms. The number of halogens is 1. The quantitative estimate of drug-likeness (QED) is 0.578. The van der Waals surface area contributed by atoms with Crippen LogP contribution in [0.5, 0.6) is 0 Å². The summed E-state index contributed by atoms with van der Waals surface area (Å²) in [6.45, 7) is 7.41. The Balaban J connectivity index is 2.35. The molecule has 0 saturated heterocycles. The molecular weight excluding hydrogens is 250 g/mol. The van der Waals surface area contributed by atoms with E-state index >= 15 is 0 Å². The predicted molar refractivity (Wildman–Crippen MR) is 78.8 cm³/mol. The minimum atomic E-state index is 0.715. The lowest BCUT2D eigenvalue weighted by Gasteiger charge is -2.06. The third-order valence-corrected chi connectivity index (χ3v) is 3.63. The summed E-state index contributed by atoms with van der Waals surface area (Å²) < 4.78 is 0. The number of nitrogens with one attached hydrogen (secondary N) is 1. The minimum absolute atomic E-state index is 0.715. The largest absolute Gasteiger partial charge is 0.312 e. The highest BCUT2D eigenvalue weighted by Gasteiger charge is 1.98. The number of hydrogen-bond donors (Lipinski definition) is 1. The van der Waals surface area contributed by atoms with Crippen LogP contribution in [-0.2, 0) is 6.42 Å². The molecule has 0 aliphatic heterocycles. The molecule has 1 N–H and O–H groups in total. The van der Waals surface area contributed by atoms with Crippen LogP contribution in [0.2, 0.25) is 0 Å². The average molecular weight is 268 g/mol. The lowest BCUT2D eigenvalue weighted by atomic mass is 10.2. The smallest absolute Gasteiger partial charge is 0.0444 e. The number of rotatable bonds is 7. The van der Waals surface area contributed by atoms with Gasteiger partial charge < -0.3 is 5.32 Å². The monoisotopic (exact) mass is 267 g/mol. The molecule has 0 atom stereocenters. The molecule has 0 unspecified atom stereocenters. The Kier molecular flexibility index (Phi) is 6.94. The predicted octanol–water partition coefficient (Wildman–Crippen LogP) is 4.14. The molecular formula is C14H18ClNS. The molecule has 1 rings (SSSR count). The fraction of sp³-hybridized carbons (Fsp3) is 0.286. The zero-order valence-electron chi connectivity index (χ0n) is 10.1. The van der Waals surface area contributed by atoms with Gasteiger partial charge in [0, 0.05) is 23.0 Å². The molecule has 1 aromatic heterocycles. The van der Waals surface area contributed by atoms with E-state index in [2.05, 4.69) is 29.4 Å². The Bertz CT molecular complexity index is 390. The van der Waals surface area contributed by atoms with Crippen molar-refractivity contribution < 1.29 is 0 Å². The third kappa shape index (κ3) is 5.35. The Morgan fingerprint density at radius 3 is 3.00 bits per heavy atom. The molecule has 0 spiro atoms. The summed E-state index contributed by atoms with van der Waals surface area (Å²) in [4.78, 5) is 1.41. The van der Waals surface area contributed by atoms with Gasteiger partial charge in [-0.15, -0.1) is 11.3 Å². The van der Waals surface area contributed by atoms with Gasteiger partial charge in [0.05, 0.1) is 0 Å². The first-order valence-electron chi connectivity index (χ1n) is 5.64. The molecule has 0 fully saturated rings. The summed E-state index contributed by atoms with van der Waals surface area (Å²) in [7, 11) is 0. The lowest BCUT2D eigenvalue weighted by molar-refractivity contribution is 0.738. The van der Waals surface area contributed by atoms with Crippen LogP contribution in [0.1, 0.15) is 11.8 Å². The Hall–Kier alpha value is -0.830. The SMILES string of the molecule is C=C/C(Cl)=C(\C=C/C)CNCCc1cccs1. The van der Waals surface area contributed by atoms with Crippen LogP contribution < -0.4 is 5.32 Å². The van der Waals surface area contributed by atoms with Crippen LogP contribution in [0.15, 0.2) is 52.9 Å². The standard InChI is InChI=1S/C14H18ClNS/c1-3-6-12(14(15)4-2)11-16-9-8-13-7-5-10-17-13/h3-7,10,16H,2,8-9,11H2,1H3/b6-3-,14-12-. The van der Waals surface area contributed by atoms with Crippen molar-refractivity contribution in [2.24, 2.45) is 0 Å². The molecule has 1 nitrogen and oxygen atoms in total. The molecule has 92 valence electrons. The maximum Gasteiger partial charge on any atom is 0.0444 e. The highest BCUT2D eigenvalue weighted by molar-refractivity contribution is 7.09. The van der Waals surface area contributed by atoms with Crippen molar-refractivity contribution in [2.45, 2.75) is 13.3 Å². The summed E-state index contributed by atoms with van der Waals surface area (Å²) in [5.41, 5.74) is 1.08. The highest BCUT2D eigenvalue weighted by Crippen LogP contribution is 2.12. The second-order valence-corrected chi connectivity index (χ2v) is 5.02. The van der Waals surface area contributed by atoms with E-state index < -0.39 is 0 Å². The first-order valence-corrected chi connectivity index (χ1v) is 6.90. The number of allylic oxidation sites excluding steroid dienone is 3. The van der Waals surface area contributed by atoms with E-state index in [9.17, 15) is 0 Å². The summed E-state index contributed by atoms with van der Waals surface area (Å²) >= 11 is 7.86. The second kappa shape index (κ2) is 8.29. The molecule has 0 aliphatic rings. The molecule has 1 aromatic rings. The van der Waals surface area contributed by atoms with E-state index in [4.69, 9.17) is 11.6 Å². The minimum Gasteiger partial charge on any atom is -0.312 e. The Morgan fingerprint density at radius 1 is 1.59 bits per heavy atom. The van der Waals surface area contributed by atoms with E-state index in [1.54, 1.807) is 17.4 Å². The fourth-order valence-electron chi connectivity index (χ4n) is 1.44. The molecule has 0 amide bonds. The van der Waals surface area contributed by atoms with Gasteiger partial charge in [-0.25, -0.2) is 0 Å². The van der Waals surface area contributed by atoms with Crippen LogP contribution in [-0.4, -0.2) is 13.1 Å². The van der Waals surface area contributed by atoms with E-state index in [0.29, 0.717) is 5.03 Å². The van der Waals surface area contributed by atoms with Crippen molar-refractivity contribution in [3.8, 4) is 0 Å². The van der Waals surface area contributed by atoms with E-state index in [0.717, 1.165) is 25.1 Å². The van der Waals surface area contributed by atoms with Crippen LogP contribution in [0, 0.1) is 0 Å². The highest BCUT2D eigenvalue weighted by atomic mass is 35.5. The van der Waals surface area contributed by atoms with Gasteiger partial charge >= 0.3 is 0 Å². The van der Waals surface area contributed by atoms with Crippen LogP contribution >= 0.6 is 22.9 Å². The van der Waals surface area contributed by atoms with Gasteiger partial charge in [-0.05, 0) is 30.4 Å². The van der Waals surface area contributed by atoms with Crippen molar-refractivity contribution in [1.82, 2.24) is 5.32 Å². The van der Waals surface area contributed by atoms with Crippen molar-refractivity contribution in [3.05, 3.63) is 57.8 Å². The Labute approximate surface area is 113 Å². The molecule has 0 aliphatic carbocycles. The third-order valence-electron chi connectivity index (χ3n) is 2.30. The molecule has 1 heterocycles. The van der Waals surface area contributed by atoms with Crippen LogP contribution in [0.3, 0.4) is 0 Å². The Morgan fingerprint density at radius 2 is 2.41 bits per heavy atom. The summed E-state index contributed by atoms with van der Waals surface area (Å²) in [6.07, 6.45) is 6.74. The van der Waals surface area contributed by atoms with Gasteiger partial charge in [0.1, 0.15) is 0 Å². The average Bonchev–Trinajstić information content (AvgIpc) is 2.85. The van der Waals surface area contributed by atoms with E-state index in [1.165, 1.54) is 4.88 Å². The van der Waals surface area contributed by atoms with E-state index in [1.807, 2.05) is 19.1 Å². The molecule has 0 radical (unpaired) electrons. The van der Waals surface area contributed by atoms with Gasteiger partial charge in [-0.1, -0.05) is 42.5 Å². The summed E-state index contributed by atoms with van der Waals surface area (Å²) in [5, 5.41) is 6.21. The molecule has 0 saturated carbocycles. The fourth-order valence-corrected chi connectivity index (χ4v) is 2.28.